The predicted molar refractivity (Wildman–Crippen MR) is 70.6 cm³/mol. The zero-order chi connectivity index (χ0) is 12.7. The largest absolute Gasteiger partial charge is 0.491 e. The highest BCUT2D eigenvalue weighted by Crippen LogP contribution is 2.26. The molecule has 96 valence electrons. The molecule has 1 N–H and O–H groups in total. The second-order valence-electron chi connectivity index (χ2n) is 4.10. The van der Waals surface area contributed by atoms with Gasteiger partial charge >= 0.3 is 0 Å². The summed E-state index contributed by atoms with van der Waals surface area (Å²) >= 11 is 0. The van der Waals surface area contributed by atoms with Crippen LogP contribution >= 0.6 is 0 Å². The van der Waals surface area contributed by atoms with Gasteiger partial charge in [0.25, 0.3) is 0 Å². The Balaban J connectivity index is 2.69. The van der Waals surface area contributed by atoms with E-state index in [0.29, 0.717) is 13.2 Å². The second-order valence-corrected chi connectivity index (χ2v) is 4.10. The zero-order valence-corrected chi connectivity index (χ0v) is 11.2. The van der Waals surface area contributed by atoms with E-state index in [1.165, 1.54) is 11.1 Å². The van der Waals surface area contributed by atoms with E-state index in [1.807, 2.05) is 14.0 Å². The molecule has 0 spiro atoms. The topological polar surface area (TPSA) is 30.5 Å². The molecule has 1 unspecified atom stereocenters. The summed E-state index contributed by atoms with van der Waals surface area (Å²) in [5.74, 6) is 0.951. The Morgan fingerprint density at radius 3 is 2.71 bits per heavy atom. The van der Waals surface area contributed by atoms with Crippen molar-refractivity contribution in [1.82, 2.24) is 5.32 Å². The van der Waals surface area contributed by atoms with Crippen LogP contribution < -0.4 is 10.1 Å². The van der Waals surface area contributed by atoms with Crippen molar-refractivity contribution in [2.24, 2.45) is 0 Å². The molecule has 0 bridgehead atoms. The second kappa shape index (κ2) is 7.30. The van der Waals surface area contributed by atoms with Crippen molar-refractivity contribution in [3.63, 3.8) is 0 Å². The summed E-state index contributed by atoms with van der Waals surface area (Å²) in [5.41, 5.74) is 2.40. The van der Waals surface area contributed by atoms with Gasteiger partial charge in [-0.1, -0.05) is 12.1 Å². The summed E-state index contributed by atoms with van der Waals surface area (Å²) < 4.78 is 11.0. The Labute approximate surface area is 104 Å². The van der Waals surface area contributed by atoms with Gasteiger partial charge in [-0.25, -0.2) is 0 Å². The Hall–Kier alpha value is -1.06. The van der Waals surface area contributed by atoms with Gasteiger partial charge in [0.2, 0.25) is 0 Å². The van der Waals surface area contributed by atoms with Crippen LogP contribution in [0.2, 0.25) is 0 Å². The minimum absolute atomic E-state index is 0.290. The third kappa shape index (κ3) is 4.36. The molecule has 0 fully saturated rings. The summed E-state index contributed by atoms with van der Waals surface area (Å²) in [6.45, 7) is 8.15. The summed E-state index contributed by atoms with van der Waals surface area (Å²) in [7, 11) is 1.95. The Bertz CT molecular complexity index is 339. The van der Waals surface area contributed by atoms with Crippen LogP contribution in [-0.2, 0) is 4.74 Å². The van der Waals surface area contributed by atoms with Crippen molar-refractivity contribution in [2.75, 3.05) is 26.9 Å². The highest BCUT2D eigenvalue weighted by atomic mass is 16.5. The number of hydrogen-bond donors (Lipinski definition) is 1. The monoisotopic (exact) mass is 237 g/mol. The van der Waals surface area contributed by atoms with Gasteiger partial charge in [0, 0.05) is 18.2 Å². The molecule has 0 aliphatic rings. The number of nitrogens with one attached hydrogen (secondary N) is 1. The van der Waals surface area contributed by atoms with Crippen LogP contribution in [0.4, 0.5) is 0 Å². The van der Waals surface area contributed by atoms with Crippen molar-refractivity contribution < 1.29 is 9.47 Å². The van der Waals surface area contributed by atoms with Crippen molar-refractivity contribution in [1.29, 1.82) is 0 Å². The molecule has 3 heteroatoms. The van der Waals surface area contributed by atoms with Gasteiger partial charge in [-0.05, 0) is 39.4 Å². The van der Waals surface area contributed by atoms with E-state index >= 15 is 0 Å². The van der Waals surface area contributed by atoms with E-state index in [9.17, 15) is 0 Å². The number of ether oxygens (including phenoxy) is 2. The lowest BCUT2D eigenvalue weighted by Gasteiger charge is -2.17. The molecule has 0 aliphatic carbocycles. The molecular formula is C14H23NO2. The predicted octanol–water partition coefficient (Wildman–Crippen LogP) is 2.69. The van der Waals surface area contributed by atoms with Gasteiger partial charge in [0.15, 0.2) is 0 Å². The van der Waals surface area contributed by atoms with Crippen LogP contribution in [0.15, 0.2) is 18.2 Å². The molecule has 3 nitrogen and oxygen atoms in total. The fourth-order valence-corrected chi connectivity index (χ4v) is 1.63. The van der Waals surface area contributed by atoms with E-state index in [2.05, 4.69) is 37.4 Å². The number of aryl methyl sites for hydroxylation is 1. The Morgan fingerprint density at radius 2 is 2.06 bits per heavy atom. The Morgan fingerprint density at radius 1 is 1.29 bits per heavy atom. The van der Waals surface area contributed by atoms with Crippen molar-refractivity contribution in [3.05, 3.63) is 29.3 Å². The highest BCUT2D eigenvalue weighted by Gasteiger charge is 2.09. The van der Waals surface area contributed by atoms with Gasteiger partial charge in [0.1, 0.15) is 12.4 Å². The normalized spacial score (nSPS) is 12.5. The van der Waals surface area contributed by atoms with Crippen LogP contribution in [0, 0.1) is 6.92 Å². The molecule has 1 atom stereocenters. The van der Waals surface area contributed by atoms with E-state index in [0.717, 1.165) is 12.4 Å². The molecule has 17 heavy (non-hydrogen) atoms. The minimum Gasteiger partial charge on any atom is -0.491 e. The fourth-order valence-electron chi connectivity index (χ4n) is 1.63. The first-order valence-corrected chi connectivity index (χ1v) is 6.17. The van der Waals surface area contributed by atoms with Gasteiger partial charge in [-0.3, -0.25) is 0 Å². The molecule has 0 aliphatic heterocycles. The van der Waals surface area contributed by atoms with Crippen LogP contribution in [0.5, 0.6) is 5.75 Å². The van der Waals surface area contributed by atoms with Gasteiger partial charge in [-0.2, -0.15) is 0 Å². The first-order valence-electron chi connectivity index (χ1n) is 6.17. The lowest BCUT2D eigenvalue weighted by molar-refractivity contribution is 0.109. The summed E-state index contributed by atoms with van der Waals surface area (Å²) in [4.78, 5) is 0. The third-order valence-electron chi connectivity index (χ3n) is 2.76. The number of benzene rings is 1. The Kier molecular flexibility index (Phi) is 6.01. The van der Waals surface area contributed by atoms with Gasteiger partial charge in [-0.15, -0.1) is 0 Å². The average molecular weight is 237 g/mol. The maximum atomic E-state index is 5.78. The molecule has 1 rings (SSSR count). The average Bonchev–Trinajstić information content (AvgIpc) is 2.34. The zero-order valence-electron chi connectivity index (χ0n) is 11.2. The molecule has 0 radical (unpaired) electrons. The summed E-state index contributed by atoms with van der Waals surface area (Å²) in [6.07, 6.45) is 0. The van der Waals surface area contributed by atoms with Crippen LogP contribution in [0.25, 0.3) is 0 Å². The quantitative estimate of drug-likeness (QED) is 0.740. The lowest BCUT2D eigenvalue weighted by atomic mass is 10.1. The molecule has 1 aromatic carbocycles. The number of hydrogen-bond acceptors (Lipinski definition) is 3. The maximum absolute atomic E-state index is 5.78. The maximum Gasteiger partial charge on any atom is 0.124 e. The smallest absolute Gasteiger partial charge is 0.124 e. The van der Waals surface area contributed by atoms with E-state index in [-0.39, 0.29) is 6.04 Å². The molecule has 0 aromatic heterocycles. The van der Waals surface area contributed by atoms with E-state index in [4.69, 9.17) is 9.47 Å². The third-order valence-corrected chi connectivity index (χ3v) is 2.76. The molecular weight excluding hydrogens is 214 g/mol. The first-order chi connectivity index (χ1) is 8.19. The van der Waals surface area contributed by atoms with Gasteiger partial charge in [0.05, 0.1) is 6.61 Å². The lowest BCUT2D eigenvalue weighted by Crippen LogP contribution is -2.15. The standard InChI is InChI=1S/C14H23NO2/c1-5-16-8-9-17-14-10-11(2)6-7-13(14)12(3)15-4/h6-7,10,12,15H,5,8-9H2,1-4H3. The fraction of sp³-hybridized carbons (Fsp3) is 0.571. The summed E-state index contributed by atoms with van der Waals surface area (Å²) in [6, 6.07) is 6.60. The minimum atomic E-state index is 0.290. The number of rotatable bonds is 7. The summed E-state index contributed by atoms with van der Waals surface area (Å²) in [5, 5.41) is 3.23. The molecule has 0 heterocycles. The molecule has 0 amide bonds. The van der Waals surface area contributed by atoms with Crippen LogP contribution in [0.1, 0.15) is 31.0 Å². The van der Waals surface area contributed by atoms with Gasteiger partial charge < -0.3 is 14.8 Å². The molecule has 1 aromatic rings. The van der Waals surface area contributed by atoms with Crippen molar-refractivity contribution in [2.45, 2.75) is 26.8 Å². The SMILES string of the molecule is CCOCCOc1cc(C)ccc1C(C)NC. The van der Waals surface area contributed by atoms with E-state index < -0.39 is 0 Å². The molecule has 0 saturated heterocycles. The van der Waals surface area contributed by atoms with Crippen LogP contribution in [0.3, 0.4) is 0 Å². The first kappa shape index (κ1) is 14.0. The van der Waals surface area contributed by atoms with Crippen LogP contribution in [-0.4, -0.2) is 26.9 Å². The highest BCUT2D eigenvalue weighted by molar-refractivity contribution is 5.39. The van der Waals surface area contributed by atoms with E-state index in [1.54, 1.807) is 0 Å². The van der Waals surface area contributed by atoms with Crippen molar-refractivity contribution in [3.8, 4) is 5.75 Å². The van der Waals surface area contributed by atoms with Crippen molar-refractivity contribution >= 4 is 0 Å². The molecule has 0 saturated carbocycles.